The Hall–Kier alpha value is -1.75. The van der Waals surface area contributed by atoms with Crippen LogP contribution in [0.2, 0.25) is 0 Å². The predicted octanol–water partition coefficient (Wildman–Crippen LogP) is 1.90. The Morgan fingerprint density at radius 2 is 1.89 bits per heavy atom. The molecule has 0 aromatic heterocycles. The molecule has 1 fully saturated rings. The van der Waals surface area contributed by atoms with Gasteiger partial charge in [0, 0.05) is 18.4 Å². The quantitative estimate of drug-likeness (QED) is 0.724. The number of piperidine rings is 1. The molecule has 1 aromatic carbocycles. The van der Waals surface area contributed by atoms with E-state index in [0.717, 1.165) is 12.0 Å². The van der Waals surface area contributed by atoms with Crippen molar-refractivity contribution < 1.29 is 9.59 Å². The van der Waals surface area contributed by atoms with E-state index >= 15 is 0 Å². The highest BCUT2D eigenvalue weighted by molar-refractivity contribution is 7.80. The summed E-state index contributed by atoms with van der Waals surface area (Å²) in [5.41, 5.74) is 1.61. The van der Waals surface area contributed by atoms with Crippen LogP contribution in [0.3, 0.4) is 0 Å². The number of fused-ring (bicyclic) bond motifs is 1. The summed E-state index contributed by atoms with van der Waals surface area (Å²) in [5, 5.41) is 2.86. The van der Waals surface area contributed by atoms with Crippen molar-refractivity contribution in [3.05, 3.63) is 35.4 Å². The molecule has 2 heterocycles. The van der Waals surface area contributed by atoms with E-state index in [9.17, 15) is 9.59 Å². The topological polar surface area (TPSA) is 40.6 Å². The minimum Gasteiger partial charge on any atom is -0.273 e. The van der Waals surface area contributed by atoms with Gasteiger partial charge in [-0.05, 0) is 18.1 Å². The Morgan fingerprint density at radius 3 is 2.61 bits per heavy atom. The minimum atomic E-state index is -0.136. The zero-order valence-electron chi connectivity index (χ0n) is 9.76. The maximum Gasteiger partial charge on any atom is 0.273 e. The molecule has 3 rings (SSSR count). The number of amides is 2. The van der Waals surface area contributed by atoms with Crippen molar-refractivity contribution >= 4 is 29.0 Å². The lowest BCUT2D eigenvalue weighted by atomic mass is 10.1. The van der Waals surface area contributed by atoms with Gasteiger partial charge in [-0.2, -0.15) is 0 Å². The fourth-order valence-electron chi connectivity index (χ4n) is 2.41. The molecule has 1 aromatic rings. The van der Waals surface area contributed by atoms with E-state index in [4.69, 9.17) is 12.2 Å². The number of nitrogens with zero attached hydrogens (tertiary/aromatic N) is 2. The number of benzene rings is 1. The molecular formula is C13H12N2O2S. The van der Waals surface area contributed by atoms with Crippen LogP contribution >= 0.6 is 12.2 Å². The van der Waals surface area contributed by atoms with E-state index in [-0.39, 0.29) is 11.8 Å². The molecule has 0 N–H and O–H groups in total. The Morgan fingerprint density at radius 1 is 1.11 bits per heavy atom. The van der Waals surface area contributed by atoms with Crippen LogP contribution in [-0.2, 0) is 11.3 Å². The van der Waals surface area contributed by atoms with Gasteiger partial charge in [-0.3, -0.25) is 9.59 Å². The molecule has 1 saturated heterocycles. The molecule has 0 unspecified atom stereocenters. The molecule has 4 nitrogen and oxygen atoms in total. The first-order valence-corrected chi connectivity index (χ1v) is 6.35. The van der Waals surface area contributed by atoms with Crippen LogP contribution < -0.4 is 0 Å². The fourth-order valence-corrected chi connectivity index (χ4v) is 2.76. The van der Waals surface area contributed by atoms with Crippen LogP contribution in [0.15, 0.2) is 24.3 Å². The van der Waals surface area contributed by atoms with E-state index in [2.05, 4.69) is 0 Å². The van der Waals surface area contributed by atoms with Crippen LogP contribution in [0.25, 0.3) is 0 Å². The highest BCUT2D eigenvalue weighted by Crippen LogP contribution is 2.27. The zero-order valence-corrected chi connectivity index (χ0v) is 10.6. The van der Waals surface area contributed by atoms with Crippen LogP contribution in [-0.4, -0.2) is 26.8 Å². The third kappa shape index (κ3) is 1.62. The van der Waals surface area contributed by atoms with Crippen molar-refractivity contribution in [2.75, 3.05) is 0 Å². The highest BCUT2D eigenvalue weighted by Gasteiger charge is 2.37. The van der Waals surface area contributed by atoms with E-state index in [1.54, 1.807) is 6.07 Å². The van der Waals surface area contributed by atoms with Gasteiger partial charge in [-0.15, -0.1) is 0 Å². The first kappa shape index (κ1) is 11.3. The van der Waals surface area contributed by atoms with E-state index in [0.29, 0.717) is 29.9 Å². The highest BCUT2D eigenvalue weighted by atomic mass is 32.1. The van der Waals surface area contributed by atoms with Gasteiger partial charge in [0.25, 0.3) is 5.91 Å². The van der Waals surface area contributed by atoms with Crippen LogP contribution in [0.5, 0.6) is 0 Å². The second kappa shape index (κ2) is 4.17. The number of hydrogen-bond acceptors (Lipinski definition) is 3. The summed E-state index contributed by atoms with van der Waals surface area (Å²) in [6.45, 7) is 0.431. The van der Waals surface area contributed by atoms with Crippen LogP contribution in [0, 0.1) is 0 Å². The summed E-state index contributed by atoms with van der Waals surface area (Å²) in [7, 11) is 0. The van der Waals surface area contributed by atoms with Gasteiger partial charge in [0.05, 0.1) is 6.54 Å². The van der Waals surface area contributed by atoms with Gasteiger partial charge >= 0.3 is 0 Å². The van der Waals surface area contributed by atoms with Gasteiger partial charge in [0.2, 0.25) is 5.91 Å². The Labute approximate surface area is 110 Å². The third-order valence-electron chi connectivity index (χ3n) is 3.30. The van der Waals surface area contributed by atoms with Crippen molar-refractivity contribution in [1.82, 2.24) is 10.0 Å². The van der Waals surface area contributed by atoms with Gasteiger partial charge in [-0.25, -0.2) is 10.0 Å². The van der Waals surface area contributed by atoms with Gasteiger partial charge in [-0.1, -0.05) is 30.4 Å². The molecule has 0 saturated carbocycles. The monoisotopic (exact) mass is 260 g/mol. The number of thiocarbonyl (C=S) groups is 1. The molecule has 2 aliphatic heterocycles. The van der Waals surface area contributed by atoms with E-state index in [1.165, 1.54) is 10.0 Å². The summed E-state index contributed by atoms with van der Waals surface area (Å²) >= 11 is 5.22. The van der Waals surface area contributed by atoms with E-state index in [1.807, 2.05) is 18.2 Å². The van der Waals surface area contributed by atoms with Crippen LogP contribution in [0.4, 0.5) is 0 Å². The number of carbonyl (C=O) groups is 2. The smallest absolute Gasteiger partial charge is 0.273 e. The molecule has 2 aliphatic rings. The molecule has 0 radical (unpaired) electrons. The molecule has 92 valence electrons. The summed E-state index contributed by atoms with van der Waals surface area (Å²) in [5.74, 6) is -0.212. The largest absolute Gasteiger partial charge is 0.273 e. The maximum atomic E-state index is 12.3. The molecule has 0 spiro atoms. The average Bonchev–Trinajstić information content (AvgIpc) is 2.68. The molecule has 5 heteroatoms. The lowest BCUT2D eigenvalue weighted by Gasteiger charge is -2.34. The second-order valence-corrected chi connectivity index (χ2v) is 4.94. The number of hydrazine groups is 1. The average molecular weight is 260 g/mol. The molecule has 0 bridgehead atoms. The second-order valence-electron chi connectivity index (χ2n) is 4.47. The first-order valence-electron chi connectivity index (χ1n) is 5.94. The van der Waals surface area contributed by atoms with Crippen LogP contribution in [0.1, 0.15) is 35.2 Å². The summed E-state index contributed by atoms with van der Waals surface area (Å²) in [6, 6.07) is 7.42. The number of hydrogen-bond donors (Lipinski definition) is 0. The Balaban J connectivity index is 1.94. The zero-order chi connectivity index (χ0) is 12.7. The third-order valence-corrected chi connectivity index (χ3v) is 3.67. The van der Waals surface area contributed by atoms with Gasteiger partial charge in [0.15, 0.2) is 0 Å². The van der Waals surface area contributed by atoms with Gasteiger partial charge in [0.1, 0.15) is 4.99 Å². The lowest BCUT2D eigenvalue weighted by Crippen LogP contribution is -2.51. The van der Waals surface area contributed by atoms with Crippen molar-refractivity contribution in [3.8, 4) is 0 Å². The minimum absolute atomic E-state index is 0.0765. The molecule has 18 heavy (non-hydrogen) atoms. The van der Waals surface area contributed by atoms with Crippen molar-refractivity contribution in [3.63, 3.8) is 0 Å². The SMILES string of the molecule is O=C1c2ccccc2CN1N1C(=O)CCCC1=S. The summed E-state index contributed by atoms with van der Waals surface area (Å²) in [4.78, 5) is 24.7. The van der Waals surface area contributed by atoms with Crippen molar-refractivity contribution in [1.29, 1.82) is 0 Å². The lowest BCUT2D eigenvalue weighted by molar-refractivity contribution is -0.138. The standard InChI is InChI=1S/C13H12N2O2S/c16-11-6-3-7-12(18)15(11)14-8-9-4-1-2-5-10(9)13(14)17/h1-2,4-5H,3,6-8H2. The van der Waals surface area contributed by atoms with Crippen molar-refractivity contribution in [2.45, 2.75) is 25.8 Å². The molecule has 0 atom stereocenters. The normalized spacial score (nSPS) is 19.4. The molecular weight excluding hydrogens is 248 g/mol. The number of carbonyl (C=O) groups excluding carboxylic acids is 2. The first-order chi connectivity index (χ1) is 8.68. The summed E-state index contributed by atoms with van der Waals surface area (Å²) in [6.07, 6.45) is 1.94. The Bertz CT molecular complexity index is 540. The maximum absolute atomic E-state index is 12.3. The molecule has 0 aliphatic carbocycles. The van der Waals surface area contributed by atoms with Crippen molar-refractivity contribution in [2.24, 2.45) is 0 Å². The summed E-state index contributed by atoms with van der Waals surface area (Å²) < 4.78 is 0. The fraction of sp³-hybridized carbons (Fsp3) is 0.308. The predicted molar refractivity (Wildman–Crippen MR) is 69.6 cm³/mol. The number of rotatable bonds is 1. The van der Waals surface area contributed by atoms with Gasteiger partial charge < -0.3 is 0 Å². The Kier molecular flexibility index (Phi) is 2.63. The molecule has 2 amide bonds. The van der Waals surface area contributed by atoms with E-state index < -0.39 is 0 Å².